The Morgan fingerprint density at radius 3 is 2.64 bits per heavy atom. The number of rotatable bonds is 6. The number of piperazine rings is 1. The number of anilines is 4. The van der Waals surface area contributed by atoms with Gasteiger partial charge in [0.25, 0.3) is 0 Å². The summed E-state index contributed by atoms with van der Waals surface area (Å²) in [7, 11) is 2.18. The zero-order chi connectivity index (χ0) is 19.3. The maximum Gasteiger partial charge on any atom is 0.229 e. The first-order valence-corrected chi connectivity index (χ1v) is 10.2. The Morgan fingerprint density at radius 2 is 1.93 bits per heavy atom. The molecule has 0 spiro atoms. The molecule has 2 aliphatic heterocycles. The molecule has 2 aromatic rings. The maximum atomic E-state index is 5.68. The molecular formula is C21H30N6O. The highest BCUT2D eigenvalue weighted by atomic mass is 16.5. The molecule has 28 heavy (non-hydrogen) atoms. The molecule has 1 aromatic heterocycles. The maximum absolute atomic E-state index is 5.68. The second-order valence-corrected chi connectivity index (χ2v) is 7.70. The van der Waals surface area contributed by atoms with Crippen LogP contribution in [0.1, 0.15) is 18.4 Å². The van der Waals surface area contributed by atoms with E-state index in [0.29, 0.717) is 5.95 Å². The summed E-state index contributed by atoms with van der Waals surface area (Å²) < 4.78 is 5.68. The van der Waals surface area contributed by atoms with E-state index in [1.807, 2.05) is 13.1 Å². The van der Waals surface area contributed by atoms with E-state index >= 15 is 0 Å². The Hall–Kier alpha value is -2.38. The van der Waals surface area contributed by atoms with Gasteiger partial charge in [-0.25, -0.2) is 4.98 Å². The molecule has 7 nitrogen and oxygen atoms in total. The highest BCUT2D eigenvalue weighted by molar-refractivity contribution is 5.60. The van der Waals surface area contributed by atoms with E-state index in [2.05, 4.69) is 61.7 Å². The van der Waals surface area contributed by atoms with Gasteiger partial charge in [0.15, 0.2) is 0 Å². The molecule has 2 N–H and O–H groups in total. The number of nitrogens with one attached hydrogen (secondary N) is 2. The van der Waals surface area contributed by atoms with Gasteiger partial charge in [0.05, 0.1) is 6.10 Å². The first kappa shape index (κ1) is 19.0. The molecule has 3 heterocycles. The third kappa shape index (κ3) is 4.72. The van der Waals surface area contributed by atoms with E-state index < -0.39 is 0 Å². The van der Waals surface area contributed by atoms with Gasteiger partial charge in [-0.1, -0.05) is 0 Å². The zero-order valence-electron chi connectivity index (χ0n) is 16.8. The highest BCUT2D eigenvalue weighted by Gasteiger charge is 2.16. The van der Waals surface area contributed by atoms with E-state index in [-0.39, 0.29) is 6.10 Å². The molecule has 1 atom stereocenters. The minimum absolute atomic E-state index is 0.285. The van der Waals surface area contributed by atoms with Gasteiger partial charge in [0.2, 0.25) is 5.95 Å². The second-order valence-electron chi connectivity index (χ2n) is 7.70. The lowest BCUT2D eigenvalue weighted by Crippen LogP contribution is -2.44. The molecule has 4 rings (SSSR count). The quantitative estimate of drug-likeness (QED) is 0.796. The van der Waals surface area contributed by atoms with Gasteiger partial charge in [0.1, 0.15) is 5.82 Å². The number of hydrogen-bond acceptors (Lipinski definition) is 7. The van der Waals surface area contributed by atoms with Gasteiger partial charge < -0.3 is 25.2 Å². The Kier molecular flexibility index (Phi) is 5.92. The van der Waals surface area contributed by atoms with Crippen molar-refractivity contribution in [1.82, 2.24) is 14.9 Å². The van der Waals surface area contributed by atoms with Crippen molar-refractivity contribution in [2.75, 3.05) is 61.9 Å². The number of benzene rings is 1. The standard InChI is InChI=1S/C21H30N6O/c1-16-14-23-21(25-20(16)22-15-19-4-3-13-28-19)24-17-5-7-18(8-6-17)27-11-9-26(2)10-12-27/h5-8,14,19H,3-4,9-13,15H2,1-2H3,(H2,22,23,24,25). The van der Waals surface area contributed by atoms with Crippen molar-refractivity contribution in [3.8, 4) is 0 Å². The molecule has 0 saturated carbocycles. The Labute approximate surface area is 167 Å². The third-order valence-corrected chi connectivity index (χ3v) is 5.48. The SMILES string of the molecule is Cc1cnc(Nc2ccc(N3CCN(C)CC3)cc2)nc1NCC1CCCO1. The number of ether oxygens (including phenoxy) is 1. The molecule has 0 bridgehead atoms. The molecule has 0 radical (unpaired) electrons. The molecule has 1 unspecified atom stereocenters. The molecule has 2 saturated heterocycles. The first-order chi connectivity index (χ1) is 13.7. The molecule has 2 fully saturated rings. The van der Waals surface area contributed by atoms with Gasteiger partial charge in [-0.15, -0.1) is 0 Å². The van der Waals surface area contributed by atoms with Gasteiger partial charge in [-0.05, 0) is 51.1 Å². The average molecular weight is 383 g/mol. The summed E-state index contributed by atoms with van der Waals surface area (Å²) in [5, 5.41) is 6.73. The van der Waals surface area contributed by atoms with Crippen LogP contribution in [0.5, 0.6) is 0 Å². The molecule has 1 aromatic carbocycles. The predicted molar refractivity (Wildman–Crippen MR) is 114 cm³/mol. The first-order valence-electron chi connectivity index (χ1n) is 10.2. The Balaban J connectivity index is 1.37. The van der Waals surface area contributed by atoms with E-state index in [9.17, 15) is 0 Å². The molecule has 0 amide bonds. The second kappa shape index (κ2) is 8.75. The Bertz CT molecular complexity index is 767. The number of aromatic nitrogens is 2. The van der Waals surface area contributed by atoms with Crippen LogP contribution in [0.25, 0.3) is 0 Å². The van der Waals surface area contributed by atoms with Crippen molar-refractivity contribution in [2.24, 2.45) is 0 Å². The fraction of sp³-hybridized carbons (Fsp3) is 0.524. The van der Waals surface area contributed by atoms with Gasteiger partial charge in [0, 0.05) is 62.5 Å². The van der Waals surface area contributed by atoms with Crippen molar-refractivity contribution in [1.29, 1.82) is 0 Å². The summed E-state index contributed by atoms with van der Waals surface area (Å²) in [6, 6.07) is 8.52. The fourth-order valence-corrected chi connectivity index (χ4v) is 3.65. The smallest absolute Gasteiger partial charge is 0.229 e. The largest absolute Gasteiger partial charge is 0.376 e. The van der Waals surface area contributed by atoms with Crippen LogP contribution < -0.4 is 15.5 Å². The molecule has 0 aliphatic carbocycles. The minimum Gasteiger partial charge on any atom is -0.376 e. The van der Waals surface area contributed by atoms with Crippen LogP contribution in [-0.2, 0) is 4.74 Å². The topological polar surface area (TPSA) is 65.6 Å². The van der Waals surface area contributed by atoms with Crippen LogP contribution in [-0.4, -0.2) is 67.4 Å². The summed E-state index contributed by atoms with van der Waals surface area (Å²) in [6.45, 7) is 8.04. The minimum atomic E-state index is 0.285. The molecule has 2 aliphatic rings. The molecule has 150 valence electrons. The fourth-order valence-electron chi connectivity index (χ4n) is 3.65. The third-order valence-electron chi connectivity index (χ3n) is 5.48. The Morgan fingerprint density at radius 1 is 1.14 bits per heavy atom. The average Bonchev–Trinajstić information content (AvgIpc) is 3.23. The van der Waals surface area contributed by atoms with Crippen molar-refractivity contribution in [2.45, 2.75) is 25.9 Å². The van der Waals surface area contributed by atoms with E-state index in [4.69, 9.17) is 4.74 Å². The van der Waals surface area contributed by atoms with Crippen LogP contribution >= 0.6 is 0 Å². The van der Waals surface area contributed by atoms with Gasteiger partial charge in [-0.3, -0.25) is 0 Å². The van der Waals surface area contributed by atoms with Crippen LogP contribution in [0.15, 0.2) is 30.5 Å². The lowest BCUT2D eigenvalue weighted by molar-refractivity contribution is 0.120. The van der Waals surface area contributed by atoms with Crippen LogP contribution in [0.4, 0.5) is 23.1 Å². The normalized spacial score (nSPS) is 20.4. The van der Waals surface area contributed by atoms with Crippen molar-refractivity contribution >= 4 is 23.1 Å². The lowest BCUT2D eigenvalue weighted by atomic mass is 10.2. The van der Waals surface area contributed by atoms with Crippen LogP contribution in [0, 0.1) is 6.92 Å². The monoisotopic (exact) mass is 382 g/mol. The number of aryl methyl sites for hydroxylation is 1. The van der Waals surface area contributed by atoms with E-state index in [1.165, 1.54) is 5.69 Å². The summed E-state index contributed by atoms with van der Waals surface area (Å²) in [5.41, 5.74) is 3.29. The van der Waals surface area contributed by atoms with Crippen molar-refractivity contribution in [3.63, 3.8) is 0 Å². The van der Waals surface area contributed by atoms with Crippen molar-refractivity contribution < 1.29 is 4.74 Å². The van der Waals surface area contributed by atoms with Crippen molar-refractivity contribution in [3.05, 3.63) is 36.0 Å². The van der Waals surface area contributed by atoms with Crippen LogP contribution in [0.2, 0.25) is 0 Å². The van der Waals surface area contributed by atoms with Crippen LogP contribution in [0.3, 0.4) is 0 Å². The number of nitrogens with zero attached hydrogens (tertiary/aromatic N) is 4. The van der Waals surface area contributed by atoms with E-state index in [0.717, 1.165) is 69.2 Å². The van der Waals surface area contributed by atoms with Gasteiger partial charge in [-0.2, -0.15) is 4.98 Å². The van der Waals surface area contributed by atoms with Gasteiger partial charge >= 0.3 is 0 Å². The highest BCUT2D eigenvalue weighted by Crippen LogP contribution is 2.22. The summed E-state index contributed by atoms with van der Waals surface area (Å²) in [5.74, 6) is 1.47. The molecule has 7 heteroatoms. The summed E-state index contributed by atoms with van der Waals surface area (Å²) in [6.07, 6.45) is 4.40. The summed E-state index contributed by atoms with van der Waals surface area (Å²) >= 11 is 0. The number of likely N-dealkylation sites (N-methyl/N-ethyl adjacent to an activating group) is 1. The molecular weight excluding hydrogens is 352 g/mol. The zero-order valence-corrected chi connectivity index (χ0v) is 16.8. The lowest BCUT2D eigenvalue weighted by Gasteiger charge is -2.34. The van der Waals surface area contributed by atoms with E-state index in [1.54, 1.807) is 0 Å². The summed E-state index contributed by atoms with van der Waals surface area (Å²) in [4.78, 5) is 13.9. The number of hydrogen-bond donors (Lipinski definition) is 2. The predicted octanol–water partition coefficient (Wildman–Crippen LogP) is 2.87.